The molecule has 0 spiro atoms. The summed E-state index contributed by atoms with van der Waals surface area (Å²) >= 11 is 0. The third kappa shape index (κ3) is 3.60. The Bertz CT molecular complexity index is 731. The Labute approximate surface area is 147 Å². The molecular formula is C19H23N3O3. The van der Waals surface area contributed by atoms with Crippen molar-refractivity contribution in [1.82, 2.24) is 9.88 Å². The lowest BCUT2D eigenvalue weighted by atomic mass is 9.91. The zero-order valence-electron chi connectivity index (χ0n) is 14.4. The van der Waals surface area contributed by atoms with Crippen molar-refractivity contribution in [1.29, 1.82) is 0 Å². The molecule has 0 aromatic carbocycles. The van der Waals surface area contributed by atoms with Gasteiger partial charge in [0.1, 0.15) is 6.10 Å². The Kier molecular flexibility index (Phi) is 4.55. The maximum atomic E-state index is 12.6. The van der Waals surface area contributed by atoms with Crippen molar-refractivity contribution in [2.75, 3.05) is 18.4 Å². The second-order valence-corrected chi connectivity index (χ2v) is 6.94. The van der Waals surface area contributed by atoms with Crippen molar-refractivity contribution in [3.63, 3.8) is 0 Å². The van der Waals surface area contributed by atoms with Gasteiger partial charge in [0.2, 0.25) is 0 Å². The van der Waals surface area contributed by atoms with Crippen LogP contribution in [0.25, 0.3) is 0 Å². The number of likely N-dealkylation sites (tertiary alicyclic amines) is 1. The highest BCUT2D eigenvalue weighted by molar-refractivity contribution is 5.94. The lowest BCUT2D eigenvalue weighted by Gasteiger charge is -2.33. The van der Waals surface area contributed by atoms with Crippen LogP contribution in [0.15, 0.2) is 41.3 Å². The number of fused-ring (bicyclic) bond motifs is 1. The number of aryl methyl sites for hydroxylation is 1. The van der Waals surface area contributed by atoms with Crippen molar-refractivity contribution >= 4 is 11.6 Å². The van der Waals surface area contributed by atoms with Gasteiger partial charge in [0.15, 0.2) is 0 Å². The number of carbonyl (C=O) groups is 1. The zero-order chi connectivity index (χ0) is 17.2. The molecule has 4 heterocycles. The van der Waals surface area contributed by atoms with Gasteiger partial charge in [-0.15, -0.1) is 0 Å². The Morgan fingerprint density at radius 2 is 2.36 bits per heavy atom. The van der Waals surface area contributed by atoms with E-state index < -0.39 is 0 Å². The zero-order valence-corrected chi connectivity index (χ0v) is 14.4. The number of anilines is 1. The van der Waals surface area contributed by atoms with Crippen LogP contribution in [-0.4, -0.2) is 41.1 Å². The predicted molar refractivity (Wildman–Crippen MR) is 93.0 cm³/mol. The first-order valence-corrected chi connectivity index (χ1v) is 8.80. The number of hydrogen-bond acceptors (Lipinski definition) is 5. The van der Waals surface area contributed by atoms with E-state index in [0.29, 0.717) is 5.92 Å². The maximum Gasteiger partial charge on any atom is 0.253 e. The van der Waals surface area contributed by atoms with Gasteiger partial charge in [0.25, 0.3) is 5.91 Å². The minimum Gasteiger partial charge on any atom is -0.472 e. The van der Waals surface area contributed by atoms with Crippen LogP contribution in [-0.2, 0) is 16.1 Å². The first-order chi connectivity index (χ1) is 12.2. The van der Waals surface area contributed by atoms with Crippen LogP contribution in [0.4, 0.5) is 5.69 Å². The molecule has 2 aliphatic heterocycles. The molecule has 1 N–H and O–H groups in total. The number of piperidine rings is 1. The number of hydrogen-bond donors (Lipinski definition) is 1. The average molecular weight is 341 g/mol. The highest BCUT2D eigenvalue weighted by Crippen LogP contribution is 2.34. The van der Waals surface area contributed by atoms with E-state index in [2.05, 4.69) is 15.2 Å². The number of nitrogens with one attached hydrogen (secondary N) is 1. The fourth-order valence-corrected chi connectivity index (χ4v) is 3.78. The number of pyridine rings is 1. The van der Waals surface area contributed by atoms with E-state index in [0.717, 1.165) is 43.9 Å². The molecule has 1 amide bonds. The van der Waals surface area contributed by atoms with E-state index in [4.69, 9.17) is 9.15 Å². The highest BCUT2D eigenvalue weighted by atomic mass is 16.5. The molecule has 6 nitrogen and oxygen atoms in total. The molecule has 2 aromatic heterocycles. The summed E-state index contributed by atoms with van der Waals surface area (Å²) in [5, 5.41) is 2.96. The van der Waals surface area contributed by atoms with Crippen LogP contribution in [0.3, 0.4) is 0 Å². The van der Waals surface area contributed by atoms with E-state index in [-0.39, 0.29) is 18.1 Å². The van der Waals surface area contributed by atoms with E-state index in [1.165, 1.54) is 5.56 Å². The molecule has 0 unspecified atom stereocenters. The van der Waals surface area contributed by atoms with Crippen LogP contribution >= 0.6 is 0 Å². The van der Waals surface area contributed by atoms with Crippen molar-refractivity contribution in [2.45, 2.75) is 38.5 Å². The van der Waals surface area contributed by atoms with E-state index >= 15 is 0 Å². The van der Waals surface area contributed by atoms with Gasteiger partial charge >= 0.3 is 0 Å². The molecule has 3 atom stereocenters. The minimum atomic E-state index is -0.372. The summed E-state index contributed by atoms with van der Waals surface area (Å²) in [6.07, 6.45) is 6.84. The molecule has 2 aromatic rings. The fraction of sp³-hybridized carbons (Fsp3) is 0.474. The molecule has 0 saturated carbocycles. The largest absolute Gasteiger partial charge is 0.472 e. The molecule has 4 rings (SSSR count). The number of nitrogens with zero attached hydrogens (tertiary/aromatic N) is 2. The van der Waals surface area contributed by atoms with Gasteiger partial charge < -0.3 is 14.5 Å². The third-order valence-electron chi connectivity index (χ3n) is 5.18. The SMILES string of the molecule is Cc1ncccc1NC(=O)[C@@H]1C[C@@H]2CCN(Cc3ccoc3)C[C@@H]2O1. The predicted octanol–water partition coefficient (Wildman–Crippen LogP) is 2.60. The summed E-state index contributed by atoms with van der Waals surface area (Å²) in [6.45, 7) is 4.66. The number of carbonyl (C=O) groups excluding carboxylic acids is 1. The summed E-state index contributed by atoms with van der Waals surface area (Å²) in [5.41, 5.74) is 2.75. The monoisotopic (exact) mass is 341 g/mol. The average Bonchev–Trinajstić information content (AvgIpc) is 3.26. The Hall–Kier alpha value is -2.18. The number of amides is 1. The lowest BCUT2D eigenvalue weighted by Crippen LogP contribution is -2.41. The van der Waals surface area contributed by atoms with Gasteiger partial charge in [-0.25, -0.2) is 0 Å². The van der Waals surface area contributed by atoms with Crippen molar-refractivity contribution < 1.29 is 13.9 Å². The maximum absolute atomic E-state index is 12.6. The Balaban J connectivity index is 1.34. The normalized spacial score (nSPS) is 26.4. The summed E-state index contributed by atoms with van der Waals surface area (Å²) in [7, 11) is 0. The molecule has 0 aliphatic carbocycles. The smallest absolute Gasteiger partial charge is 0.253 e. The van der Waals surface area contributed by atoms with Crippen LogP contribution in [0.2, 0.25) is 0 Å². The van der Waals surface area contributed by atoms with Gasteiger partial charge in [-0.05, 0) is 50.4 Å². The van der Waals surface area contributed by atoms with Crippen LogP contribution in [0.1, 0.15) is 24.1 Å². The molecule has 6 heteroatoms. The van der Waals surface area contributed by atoms with Gasteiger partial charge in [0, 0.05) is 24.8 Å². The summed E-state index contributed by atoms with van der Waals surface area (Å²) in [5.74, 6) is 0.401. The molecule has 2 aliphatic rings. The van der Waals surface area contributed by atoms with Crippen LogP contribution in [0, 0.1) is 12.8 Å². The summed E-state index contributed by atoms with van der Waals surface area (Å²) in [4.78, 5) is 19.1. The van der Waals surface area contributed by atoms with Crippen molar-refractivity contribution in [3.05, 3.63) is 48.2 Å². The standard InChI is InChI=1S/C19H23N3O3/c1-13-16(3-2-6-20-13)21-19(23)17-9-15-4-7-22(11-18(15)25-17)10-14-5-8-24-12-14/h2-3,5-6,8,12,15,17-18H,4,7,9-11H2,1H3,(H,21,23)/t15-,17-,18-/m0/s1. The van der Waals surface area contributed by atoms with E-state index in [1.807, 2.05) is 25.1 Å². The number of aromatic nitrogens is 1. The topological polar surface area (TPSA) is 67.6 Å². The van der Waals surface area contributed by atoms with Crippen LogP contribution in [0.5, 0.6) is 0 Å². The first kappa shape index (κ1) is 16.3. The van der Waals surface area contributed by atoms with Gasteiger partial charge in [-0.1, -0.05) is 0 Å². The molecule has 0 bridgehead atoms. The quantitative estimate of drug-likeness (QED) is 0.926. The summed E-state index contributed by atoms with van der Waals surface area (Å²) < 4.78 is 11.2. The molecular weight excluding hydrogens is 318 g/mol. The van der Waals surface area contributed by atoms with E-state index in [9.17, 15) is 4.79 Å². The number of rotatable bonds is 4. The summed E-state index contributed by atoms with van der Waals surface area (Å²) in [6, 6.07) is 5.69. The van der Waals surface area contributed by atoms with Gasteiger partial charge in [-0.3, -0.25) is 14.7 Å². The molecule has 25 heavy (non-hydrogen) atoms. The fourth-order valence-electron chi connectivity index (χ4n) is 3.78. The third-order valence-corrected chi connectivity index (χ3v) is 5.18. The van der Waals surface area contributed by atoms with Gasteiger partial charge in [0.05, 0.1) is 30.0 Å². The molecule has 2 fully saturated rings. The Morgan fingerprint density at radius 1 is 1.44 bits per heavy atom. The van der Waals surface area contributed by atoms with Gasteiger partial charge in [-0.2, -0.15) is 0 Å². The number of ether oxygens (including phenoxy) is 1. The highest BCUT2D eigenvalue weighted by Gasteiger charge is 2.41. The number of furan rings is 1. The Morgan fingerprint density at radius 3 is 3.16 bits per heavy atom. The van der Waals surface area contributed by atoms with Crippen LogP contribution < -0.4 is 5.32 Å². The second-order valence-electron chi connectivity index (χ2n) is 6.94. The molecule has 2 saturated heterocycles. The first-order valence-electron chi connectivity index (χ1n) is 8.80. The molecule has 0 radical (unpaired) electrons. The van der Waals surface area contributed by atoms with Crippen molar-refractivity contribution in [3.8, 4) is 0 Å². The minimum absolute atomic E-state index is 0.0631. The van der Waals surface area contributed by atoms with E-state index in [1.54, 1.807) is 18.7 Å². The lowest BCUT2D eigenvalue weighted by molar-refractivity contribution is -0.127. The van der Waals surface area contributed by atoms with Crippen molar-refractivity contribution in [2.24, 2.45) is 5.92 Å². The second kappa shape index (κ2) is 6.98. The molecule has 132 valence electrons.